The number of methoxy groups -OCH3 is 1. The van der Waals surface area contributed by atoms with Gasteiger partial charge in [-0.25, -0.2) is 4.98 Å². The van der Waals surface area contributed by atoms with E-state index in [1.165, 1.54) is 12.3 Å². The van der Waals surface area contributed by atoms with Crippen LogP contribution in [0.1, 0.15) is 18.4 Å². The van der Waals surface area contributed by atoms with E-state index >= 15 is 0 Å². The van der Waals surface area contributed by atoms with Crippen molar-refractivity contribution < 1.29 is 14.5 Å². The molecule has 1 fully saturated rings. The molecular weight excluding hydrogens is 398 g/mol. The lowest BCUT2D eigenvalue weighted by Gasteiger charge is -2.32. The van der Waals surface area contributed by atoms with E-state index < -0.39 is 4.92 Å². The average molecular weight is 423 g/mol. The number of nitrogens with one attached hydrogen (secondary N) is 2. The minimum Gasteiger partial charge on any atom is -0.497 e. The van der Waals surface area contributed by atoms with Crippen LogP contribution in [0.4, 0.5) is 11.5 Å². The van der Waals surface area contributed by atoms with Crippen molar-refractivity contribution in [2.24, 2.45) is 5.92 Å². The number of pyridine rings is 1. The molecule has 9 nitrogen and oxygen atoms in total. The van der Waals surface area contributed by atoms with Gasteiger partial charge in [-0.3, -0.25) is 14.9 Å². The molecule has 1 aliphatic heterocycles. The van der Waals surface area contributed by atoms with Gasteiger partial charge >= 0.3 is 0 Å². The highest BCUT2D eigenvalue weighted by Crippen LogP contribution is 2.25. The van der Waals surface area contributed by atoms with E-state index in [2.05, 4.69) is 15.3 Å². The van der Waals surface area contributed by atoms with Gasteiger partial charge in [-0.15, -0.1) is 0 Å². The van der Waals surface area contributed by atoms with Crippen molar-refractivity contribution in [1.82, 2.24) is 15.3 Å². The van der Waals surface area contributed by atoms with Crippen LogP contribution < -0.4 is 15.0 Å². The summed E-state index contributed by atoms with van der Waals surface area (Å²) in [5.74, 6) is 1.37. The summed E-state index contributed by atoms with van der Waals surface area (Å²) in [6, 6.07) is 8.99. The van der Waals surface area contributed by atoms with Crippen molar-refractivity contribution in [3.8, 4) is 5.75 Å². The molecule has 9 heteroatoms. The van der Waals surface area contributed by atoms with Crippen LogP contribution in [-0.4, -0.2) is 47.5 Å². The molecule has 1 aromatic carbocycles. The van der Waals surface area contributed by atoms with Gasteiger partial charge in [-0.1, -0.05) is 0 Å². The maximum absolute atomic E-state index is 12.7. The lowest BCUT2D eigenvalue weighted by atomic mass is 9.97. The number of aromatic nitrogens is 2. The molecule has 1 amide bonds. The van der Waals surface area contributed by atoms with Crippen molar-refractivity contribution >= 4 is 28.3 Å². The third-order valence-corrected chi connectivity index (χ3v) is 5.73. The van der Waals surface area contributed by atoms with Crippen molar-refractivity contribution in [2.75, 3.05) is 31.6 Å². The van der Waals surface area contributed by atoms with Crippen LogP contribution in [0.5, 0.6) is 5.75 Å². The summed E-state index contributed by atoms with van der Waals surface area (Å²) in [4.78, 5) is 32.5. The van der Waals surface area contributed by atoms with Gasteiger partial charge in [0.15, 0.2) is 0 Å². The fraction of sp³-hybridized carbons (Fsp3) is 0.364. The number of piperidine rings is 1. The Hall–Kier alpha value is -3.62. The van der Waals surface area contributed by atoms with Crippen molar-refractivity contribution in [3.63, 3.8) is 0 Å². The quantitative estimate of drug-likeness (QED) is 0.446. The molecule has 1 saturated heterocycles. The average Bonchev–Trinajstić information content (AvgIpc) is 3.21. The maximum Gasteiger partial charge on any atom is 0.287 e. The Labute approximate surface area is 179 Å². The summed E-state index contributed by atoms with van der Waals surface area (Å²) in [7, 11) is 1.65. The number of aromatic amines is 1. The first kappa shape index (κ1) is 20.6. The Morgan fingerprint density at radius 1 is 1.39 bits per heavy atom. The fourth-order valence-electron chi connectivity index (χ4n) is 4.03. The number of nitro groups is 1. The molecule has 0 saturated carbocycles. The second-order valence-corrected chi connectivity index (χ2v) is 7.68. The minimum atomic E-state index is -0.465. The first-order valence-corrected chi connectivity index (χ1v) is 10.3. The maximum atomic E-state index is 12.7. The monoisotopic (exact) mass is 423 g/mol. The zero-order valence-electron chi connectivity index (χ0n) is 17.3. The number of benzene rings is 1. The van der Waals surface area contributed by atoms with Gasteiger partial charge < -0.3 is 19.9 Å². The van der Waals surface area contributed by atoms with Crippen LogP contribution in [-0.2, 0) is 11.2 Å². The van der Waals surface area contributed by atoms with Crippen LogP contribution in [0.2, 0.25) is 0 Å². The van der Waals surface area contributed by atoms with Crippen LogP contribution >= 0.6 is 0 Å². The number of carbonyl (C=O) groups is 1. The van der Waals surface area contributed by atoms with Gasteiger partial charge in [-0.05, 0) is 49.1 Å². The fourth-order valence-corrected chi connectivity index (χ4v) is 4.03. The number of ether oxygens (including phenoxy) is 1. The Morgan fingerprint density at radius 2 is 2.26 bits per heavy atom. The highest BCUT2D eigenvalue weighted by atomic mass is 16.6. The lowest BCUT2D eigenvalue weighted by molar-refractivity contribution is -0.385. The molecule has 0 spiro atoms. The summed E-state index contributed by atoms with van der Waals surface area (Å²) in [6.45, 7) is 1.89. The van der Waals surface area contributed by atoms with E-state index in [1.807, 2.05) is 29.3 Å². The van der Waals surface area contributed by atoms with E-state index in [1.54, 1.807) is 13.2 Å². The number of anilines is 1. The molecule has 0 radical (unpaired) electrons. The molecule has 162 valence electrons. The highest BCUT2D eigenvalue weighted by Gasteiger charge is 2.26. The van der Waals surface area contributed by atoms with Crippen LogP contribution in [0.15, 0.2) is 42.7 Å². The van der Waals surface area contributed by atoms with Gasteiger partial charge in [0.25, 0.3) is 5.69 Å². The molecule has 31 heavy (non-hydrogen) atoms. The minimum absolute atomic E-state index is 0.0315. The Balaban J connectivity index is 1.33. The number of hydrogen-bond acceptors (Lipinski definition) is 6. The standard InChI is InChI=1S/C22H25N5O4/c1-31-18-5-6-20-19(11-18)15(12-24-20)8-9-23-22(28)16-3-2-10-26(14-16)21-7-4-17(13-25-21)27(29)30/h4-7,11-13,16,24H,2-3,8-10,14H2,1H3,(H,23,28)/t16-/m0/s1. The molecule has 3 aromatic rings. The summed E-state index contributed by atoms with van der Waals surface area (Å²) in [6.07, 6.45) is 5.64. The summed E-state index contributed by atoms with van der Waals surface area (Å²) in [5.41, 5.74) is 2.14. The van der Waals surface area contributed by atoms with Gasteiger partial charge in [0, 0.05) is 42.8 Å². The molecule has 1 aliphatic rings. The number of fused-ring (bicyclic) bond motifs is 1. The second kappa shape index (κ2) is 9.03. The first-order valence-electron chi connectivity index (χ1n) is 10.3. The largest absolute Gasteiger partial charge is 0.497 e. The number of carbonyl (C=O) groups excluding carboxylic acids is 1. The topological polar surface area (TPSA) is 113 Å². The molecule has 2 N–H and O–H groups in total. The van der Waals surface area contributed by atoms with E-state index in [-0.39, 0.29) is 17.5 Å². The zero-order valence-corrected chi connectivity index (χ0v) is 17.3. The third-order valence-electron chi connectivity index (χ3n) is 5.73. The Morgan fingerprint density at radius 3 is 3.00 bits per heavy atom. The summed E-state index contributed by atoms with van der Waals surface area (Å²) in [5, 5.41) is 15.0. The molecule has 2 aromatic heterocycles. The zero-order chi connectivity index (χ0) is 21.8. The molecule has 0 aliphatic carbocycles. The predicted octanol–water partition coefficient (Wildman–Crippen LogP) is 3.06. The number of hydrogen-bond donors (Lipinski definition) is 2. The second-order valence-electron chi connectivity index (χ2n) is 7.68. The molecule has 0 unspecified atom stereocenters. The molecular formula is C22H25N5O4. The van der Waals surface area contributed by atoms with E-state index in [9.17, 15) is 14.9 Å². The number of rotatable bonds is 7. The van der Waals surface area contributed by atoms with E-state index in [0.717, 1.165) is 48.0 Å². The van der Waals surface area contributed by atoms with Gasteiger partial charge in [-0.2, -0.15) is 0 Å². The molecule has 3 heterocycles. The lowest BCUT2D eigenvalue weighted by Crippen LogP contribution is -2.43. The summed E-state index contributed by atoms with van der Waals surface area (Å²) < 4.78 is 5.31. The highest BCUT2D eigenvalue weighted by molar-refractivity contribution is 5.85. The van der Waals surface area contributed by atoms with Crippen molar-refractivity contribution in [2.45, 2.75) is 19.3 Å². The number of nitrogens with zero attached hydrogens (tertiary/aromatic N) is 3. The molecule has 1 atom stereocenters. The smallest absolute Gasteiger partial charge is 0.287 e. The van der Waals surface area contributed by atoms with Crippen LogP contribution in [0, 0.1) is 16.0 Å². The SMILES string of the molecule is COc1ccc2[nH]cc(CCNC(=O)[C@H]3CCCN(c4ccc([N+](=O)[O-])cn4)C3)c2c1. The predicted molar refractivity (Wildman–Crippen MR) is 117 cm³/mol. The van der Waals surface area contributed by atoms with Gasteiger partial charge in [0.1, 0.15) is 17.8 Å². The molecule has 0 bridgehead atoms. The van der Waals surface area contributed by atoms with Gasteiger partial charge in [0.05, 0.1) is 18.0 Å². The van der Waals surface area contributed by atoms with Crippen molar-refractivity contribution in [3.05, 3.63) is 58.4 Å². The number of H-pyrrole nitrogens is 1. The van der Waals surface area contributed by atoms with E-state index in [4.69, 9.17) is 4.74 Å². The van der Waals surface area contributed by atoms with Crippen molar-refractivity contribution in [1.29, 1.82) is 0 Å². The van der Waals surface area contributed by atoms with Gasteiger partial charge in [0.2, 0.25) is 5.91 Å². The molecule has 4 rings (SSSR count). The summed E-state index contributed by atoms with van der Waals surface area (Å²) >= 11 is 0. The Bertz CT molecular complexity index is 1080. The Kier molecular flexibility index (Phi) is 6.01. The van der Waals surface area contributed by atoms with E-state index in [0.29, 0.717) is 18.9 Å². The normalized spacial score (nSPS) is 16.3. The van der Waals surface area contributed by atoms with Crippen LogP contribution in [0.25, 0.3) is 10.9 Å². The first-order chi connectivity index (χ1) is 15.0. The number of amides is 1. The van der Waals surface area contributed by atoms with Crippen LogP contribution in [0.3, 0.4) is 0 Å². The third kappa shape index (κ3) is 4.60.